The van der Waals surface area contributed by atoms with Crippen molar-refractivity contribution in [1.29, 1.82) is 0 Å². The average Bonchev–Trinajstić information content (AvgIpc) is 2.91. The molecule has 0 N–H and O–H groups in total. The number of carbonyl (C=O) groups is 1. The summed E-state index contributed by atoms with van der Waals surface area (Å²) in [6.07, 6.45) is 6.32. The molecule has 0 bridgehead atoms. The van der Waals surface area contributed by atoms with Crippen molar-refractivity contribution in [1.82, 2.24) is 9.55 Å². The van der Waals surface area contributed by atoms with E-state index >= 15 is 0 Å². The zero-order valence-corrected chi connectivity index (χ0v) is 12.8. The molecule has 3 heteroatoms. The molecule has 2 aromatic heterocycles. The van der Waals surface area contributed by atoms with Crippen LogP contribution in [0.5, 0.6) is 0 Å². The largest absolute Gasteiger partial charge is 0.338 e. The van der Waals surface area contributed by atoms with Gasteiger partial charge in [0.25, 0.3) is 0 Å². The van der Waals surface area contributed by atoms with E-state index in [-0.39, 0.29) is 5.78 Å². The Balaban J connectivity index is 2.02. The SMILES string of the molecule is CCCCC(=O)c1c2ncccc2cn1Cc1ccccc1. The number of Topliss-reactive ketones (excluding diaryl/α,β-unsaturated/α-hetero) is 1. The highest BCUT2D eigenvalue weighted by molar-refractivity contribution is 6.05. The first kappa shape index (κ1) is 14.5. The number of hydrogen-bond donors (Lipinski definition) is 0. The molecule has 0 fully saturated rings. The van der Waals surface area contributed by atoms with Gasteiger partial charge in [0.05, 0.1) is 5.52 Å². The number of unbranched alkanes of at least 4 members (excludes halogenated alkanes) is 1. The third kappa shape index (κ3) is 2.93. The topological polar surface area (TPSA) is 34.9 Å². The van der Waals surface area contributed by atoms with Crippen LogP contribution in [0.1, 0.15) is 42.2 Å². The Bertz CT molecular complexity index is 774. The number of nitrogens with zero attached hydrogens (tertiary/aromatic N) is 2. The second-order valence-electron chi connectivity index (χ2n) is 5.56. The van der Waals surface area contributed by atoms with Crippen molar-refractivity contribution in [3.8, 4) is 0 Å². The summed E-state index contributed by atoms with van der Waals surface area (Å²) in [4.78, 5) is 17.1. The van der Waals surface area contributed by atoms with E-state index in [1.54, 1.807) is 6.20 Å². The van der Waals surface area contributed by atoms with Crippen LogP contribution in [0.3, 0.4) is 0 Å². The number of rotatable bonds is 6. The molecule has 22 heavy (non-hydrogen) atoms. The highest BCUT2D eigenvalue weighted by atomic mass is 16.1. The summed E-state index contributed by atoms with van der Waals surface area (Å²) in [5, 5.41) is 1.03. The Kier molecular flexibility index (Phi) is 4.33. The van der Waals surface area contributed by atoms with E-state index in [2.05, 4.69) is 24.0 Å². The normalized spacial score (nSPS) is 11.0. The van der Waals surface area contributed by atoms with Gasteiger partial charge in [-0.1, -0.05) is 43.7 Å². The smallest absolute Gasteiger partial charge is 0.181 e. The van der Waals surface area contributed by atoms with E-state index in [1.165, 1.54) is 5.56 Å². The van der Waals surface area contributed by atoms with Crippen LogP contribution in [0.4, 0.5) is 0 Å². The molecule has 0 spiro atoms. The van der Waals surface area contributed by atoms with Crippen LogP contribution in [-0.4, -0.2) is 15.3 Å². The number of ketones is 1. The standard InChI is InChI=1S/C19H20N2O/c1-2-3-11-17(22)19-18-16(10-7-12-20-18)14-21(19)13-15-8-5-4-6-9-15/h4-10,12,14H,2-3,11,13H2,1H3. The van der Waals surface area contributed by atoms with E-state index in [4.69, 9.17) is 0 Å². The summed E-state index contributed by atoms with van der Waals surface area (Å²) < 4.78 is 2.05. The Morgan fingerprint density at radius 1 is 1.14 bits per heavy atom. The van der Waals surface area contributed by atoms with Gasteiger partial charge in [-0.2, -0.15) is 0 Å². The minimum atomic E-state index is 0.187. The highest BCUT2D eigenvalue weighted by Gasteiger charge is 2.17. The van der Waals surface area contributed by atoms with Gasteiger partial charge in [-0.05, 0) is 24.1 Å². The van der Waals surface area contributed by atoms with Gasteiger partial charge in [0.1, 0.15) is 5.69 Å². The van der Waals surface area contributed by atoms with E-state index in [0.29, 0.717) is 13.0 Å². The number of hydrogen-bond acceptors (Lipinski definition) is 2. The molecule has 0 saturated carbocycles. The lowest BCUT2D eigenvalue weighted by Crippen LogP contribution is -2.10. The Labute approximate surface area is 130 Å². The molecular formula is C19H20N2O. The van der Waals surface area contributed by atoms with Gasteiger partial charge in [-0.25, -0.2) is 0 Å². The summed E-state index contributed by atoms with van der Waals surface area (Å²) in [5.74, 6) is 0.187. The van der Waals surface area contributed by atoms with Crippen molar-refractivity contribution in [2.45, 2.75) is 32.7 Å². The van der Waals surface area contributed by atoms with Crippen molar-refractivity contribution >= 4 is 16.7 Å². The van der Waals surface area contributed by atoms with Gasteiger partial charge in [0, 0.05) is 30.7 Å². The highest BCUT2D eigenvalue weighted by Crippen LogP contribution is 2.22. The average molecular weight is 292 g/mol. The van der Waals surface area contributed by atoms with Crippen LogP contribution in [-0.2, 0) is 6.54 Å². The van der Waals surface area contributed by atoms with Crippen LogP contribution < -0.4 is 0 Å². The van der Waals surface area contributed by atoms with Crippen LogP contribution in [0, 0.1) is 0 Å². The third-order valence-electron chi connectivity index (χ3n) is 3.86. The molecule has 0 aliphatic rings. The minimum Gasteiger partial charge on any atom is -0.338 e. The Morgan fingerprint density at radius 2 is 1.95 bits per heavy atom. The van der Waals surface area contributed by atoms with Gasteiger partial charge in [0.2, 0.25) is 0 Å². The van der Waals surface area contributed by atoms with Crippen LogP contribution in [0.15, 0.2) is 54.9 Å². The Hall–Kier alpha value is -2.42. The van der Waals surface area contributed by atoms with E-state index in [1.807, 2.05) is 41.1 Å². The maximum Gasteiger partial charge on any atom is 0.181 e. The van der Waals surface area contributed by atoms with Crippen molar-refractivity contribution in [2.75, 3.05) is 0 Å². The van der Waals surface area contributed by atoms with Crippen molar-refractivity contribution < 1.29 is 4.79 Å². The fraction of sp³-hybridized carbons (Fsp3) is 0.263. The van der Waals surface area contributed by atoms with Crippen LogP contribution in [0.25, 0.3) is 10.9 Å². The molecule has 112 valence electrons. The number of pyridine rings is 1. The lowest BCUT2D eigenvalue weighted by Gasteiger charge is -2.08. The zero-order valence-electron chi connectivity index (χ0n) is 12.8. The molecule has 3 rings (SSSR count). The predicted molar refractivity (Wildman–Crippen MR) is 89.1 cm³/mol. The molecule has 0 radical (unpaired) electrons. The van der Waals surface area contributed by atoms with E-state index < -0.39 is 0 Å². The quantitative estimate of drug-likeness (QED) is 0.629. The molecule has 0 aliphatic heterocycles. The molecular weight excluding hydrogens is 272 g/mol. The lowest BCUT2D eigenvalue weighted by molar-refractivity contribution is 0.0972. The summed E-state index contributed by atoms with van der Waals surface area (Å²) >= 11 is 0. The molecule has 0 saturated heterocycles. The zero-order chi connectivity index (χ0) is 15.4. The van der Waals surface area contributed by atoms with Gasteiger partial charge < -0.3 is 4.57 Å². The summed E-state index contributed by atoms with van der Waals surface area (Å²) in [6, 6.07) is 14.1. The van der Waals surface area contributed by atoms with Gasteiger partial charge >= 0.3 is 0 Å². The third-order valence-corrected chi connectivity index (χ3v) is 3.86. The van der Waals surface area contributed by atoms with E-state index in [9.17, 15) is 4.79 Å². The van der Waals surface area contributed by atoms with Crippen molar-refractivity contribution in [3.63, 3.8) is 0 Å². The summed E-state index contributed by atoms with van der Waals surface area (Å²) in [6.45, 7) is 2.80. The monoisotopic (exact) mass is 292 g/mol. The van der Waals surface area contributed by atoms with Crippen LogP contribution in [0.2, 0.25) is 0 Å². The molecule has 0 aliphatic carbocycles. The molecule has 0 amide bonds. The molecule has 2 heterocycles. The molecule has 0 atom stereocenters. The number of carbonyl (C=O) groups excluding carboxylic acids is 1. The van der Waals surface area contributed by atoms with Crippen LogP contribution >= 0.6 is 0 Å². The van der Waals surface area contributed by atoms with E-state index in [0.717, 1.165) is 29.4 Å². The predicted octanol–water partition coefficient (Wildman–Crippen LogP) is 4.46. The number of aromatic nitrogens is 2. The van der Waals surface area contributed by atoms with Gasteiger partial charge in [-0.15, -0.1) is 0 Å². The minimum absolute atomic E-state index is 0.187. The first-order valence-corrected chi connectivity index (χ1v) is 7.80. The fourth-order valence-corrected chi connectivity index (χ4v) is 2.74. The molecule has 3 nitrogen and oxygen atoms in total. The molecule has 1 aromatic carbocycles. The maximum absolute atomic E-state index is 12.6. The lowest BCUT2D eigenvalue weighted by atomic mass is 10.1. The first-order chi connectivity index (χ1) is 10.8. The molecule has 3 aromatic rings. The first-order valence-electron chi connectivity index (χ1n) is 7.80. The fourth-order valence-electron chi connectivity index (χ4n) is 2.74. The van der Waals surface area contributed by atoms with Crippen molar-refractivity contribution in [2.24, 2.45) is 0 Å². The second-order valence-corrected chi connectivity index (χ2v) is 5.56. The second kappa shape index (κ2) is 6.56. The maximum atomic E-state index is 12.6. The number of fused-ring (bicyclic) bond motifs is 1. The Morgan fingerprint density at radius 3 is 2.73 bits per heavy atom. The number of benzene rings is 1. The summed E-state index contributed by atoms with van der Waals surface area (Å²) in [7, 11) is 0. The molecule has 0 unspecified atom stereocenters. The van der Waals surface area contributed by atoms with Gasteiger partial charge in [-0.3, -0.25) is 9.78 Å². The van der Waals surface area contributed by atoms with Crippen molar-refractivity contribution in [3.05, 3.63) is 66.1 Å². The van der Waals surface area contributed by atoms with Gasteiger partial charge in [0.15, 0.2) is 5.78 Å². The summed E-state index contributed by atoms with van der Waals surface area (Å²) in [5.41, 5.74) is 2.75.